The highest BCUT2D eigenvalue weighted by Crippen LogP contribution is 2.37. The summed E-state index contributed by atoms with van der Waals surface area (Å²) in [7, 11) is 0. The summed E-state index contributed by atoms with van der Waals surface area (Å²) in [5.74, 6) is -6.32. The molecule has 1 aromatic rings. The fraction of sp³-hybridized carbons (Fsp3) is 0.667. The SMILES string of the molecule is NC(CC(=O)N1CCc2c(nc(C(F)(F)F)nc2C(F)(F)F)C1)CN1CC(F)(F)CCC1=O. The zero-order valence-corrected chi connectivity index (χ0v) is 16.9. The molecule has 0 spiro atoms. The number of halogens is 8. The molecule has 2 aliphatic heterocycles. The van der Waals surface area contributed by atoms with Crippen LogP contribution >= 0.6 is 0 Å². The van der Waals surface area contributed by atoms with Gasteiger partial charge < -0.3 is 15.5 Å². The third-order valence-corrected chi connectivity index (χ3v) is 5.31. The van der Waals surface area contributed by atoms with Crippen LogP contribution in [0.15, 0.2) is 0 Å². The topological polar surface area (TPSA) is 92.4 Å². The molecule has 1 saturated heterocycles. The van der Waals surface area contributed by atoms with E-state index >= 15 is 0 Å². The Bertz CT molecular complexity index is 934. The number of nitrogens with zero attached hydrogens (tertiary/aromatic N) is 4. The Morgan fingerprint density at radius 3 is 2.36 bits per heavy atom. The molecule has 184 valence electrons. The van der Waals surface area contributed by atoms with E-state index in [-0.39, 0.29) is 19.5 Å². The van der Waals surface area contributed by atoms with Crippen LogP contribution < -0.4 is 5.73 Å². The highest BCUT2D eigenvalue weighted by atomic mass is 19.4. The maximum atomic E-state index is 13.5. The van der Waals surface area contributed by atoms with Crippen LogP contribution in [-0.4, -0.2) is 63.2 Å². The van der Waals surface area contributed by atoms with Gasteiger partial charge in [0.15, 0.2) is 5.69 Å². The van der Waals surface area contributed by atoms with Gasteiger partial charge in [-0.2, -0.15) is 26.3 Å². The molecule has 2 aliphatic rings. The summed E-state index contributed by atoms with van der Waals surface area (Å²) in [6.45, 7) is -2.07. The molecule has 0 aliphatic carbocycles. The minimum Gasteiger partial charge on any atom is -0.336 e. The second-order valence-electron chi connectivity index (χ2n) is 7.98. The molecule has 3 rings (SSSR count). The molecule has 0 aromatic carbocycles. The first kappa shape index (κ1) is 25.1. The van der Waals surface area contributed by atoms with Gasteiger partial charge in [0.1, 0.15) is 0 Å². The predicted molar refractivity (Wildman–Crippen MR) is 94.5 cm³/mol. The maximum Gasteiger partial charge on any atom is 0.451 e. The summed E-state index contributed by atoms with van der Waals surface area (Å²) in [6, 6.07) is -1.06. The van der Waals surface area contributed by atoms with E-state index in [1.54, 1.807) is 0 Å². The first-order chi connectivity index (χ1) is 15.1. The Hall–Kier alpha value is -2.58. The number of hydrogen-bond donors (Lipinski definition) is 1. The summed E-state index contributed by atoms with van der Waals surface area (Å²) < 4.78 is 106. The van der Waals surface area contributed by atoms with Crippen molar-refractivity contribution in [3.8, 4) is 0 Å². The van der Waals surface area contributed by atoms with Crippen LogP contribution in [0, 0.1) is 0 Å². The van der Waals surface area contributed by atoms with Crippen LogP contribution in [-0.2, 0) is 34.9 Å². The second-order valence-corrected chi connectivity index (χ2v) is 7.98. The lowest BCUT2D eigenvalue weighted by molar-refractivity contribution is -0.153. The number of amides is 2. The number of piperidine rings is 1. The Kier molecular flexibility index (Phi) is 6.56. The van der Waals surface area contributed by atoms with E-state index < -0.39 is 91.3 Å². The first-order valence-electron chi connectivity index (χ1n) is 9.80. The third-order valence-electron chi connectivity index (χ3n) is 5.31. The number of alkyl halides is 8. The standard InChI is InChI=1S/C18H19F8N5O2/c19-16(20)3-1-12(32)31(8-16)6-9(27)5-13(33)30-4-2-10-11(7-30)28-15(18(24,25)26)29-14(10)17(21,22)23/h9H,1-8,27H2. The number of fused-ring (bicyclic) bond motifs is 1. The van der Waals surface area contributed by atoms with Gasteiger partial charge in [-0.05, 0) is 6.42 Å². The molecule has 1 fully saturated rings. The Morgan fingerprint density at radius 2 is 1.76 bits per heavy atom. The molecular formula is C18H19F8N5O2. The molecule has 1 atom stereocenters. The van der Waals surface area contributed by atoms with E-state index in [0.29, 0.717) is 0 Å². The van der Waals surface area contributed by atoms with Gasteiger partial charge >= 0.3 is 12.4 Å². The number of nitrogens with two attached hydrogens (primary N) is 1. The smallest absolute Gasteiger partial charge is 0.336 e. The van der Waals surface area contributed by atoms with Gasteiger partial charge in [-0.25, -0.2) is 18.7 Å². The van der Waals surface area contributed by atoms with Gasteiger partial charge in [-0.3, -0.25) is 9.59 Å². The fourth-order valence-electron chi connectivity index (χ4n) is 3.77. The number of aromatic nitrogens is 2. The lowest BCUT2D eigenvalue weighted by atomic mass is 10.0. The van der Waals surface area contributed by atoms with Crippen molar-refractivity contribution in [3.05, 3.63) is 22.8 Å². The fourth-order valence-corrected chi connectivity index (χ4v) is 3.77. The minimum absolute atomic E-state index is 0.253. The Labute approximate surface area is 181 Å². The zero-order chi connectivity index (χ0) is 24.8. The van der Waals surface area contributed by atoms with Crippen LogP contribution in [0.25, 0.3) is 0 Å². The first-order valence-corrected chi connectivity index (χ1v) is 9.80. The molecule has 1 aromatic heterocycles. The normalized spacial score (nSPS) is 20.0. The Morgan fingerprint density at radius 1 is 1.09 bits per heavy atom. The van der Waals surface area contributed by atoms with Gasteiger partial charge in [-0.1, -0.05) is 0 Å². The molecule has 15 heteroatoms. The van der Waals surface area contributed by atoms with Crippen LogP contribution in [0.3, 0.4) is 0 Å². The van der Waals surface area contributed by atoms with Crippen LogP contribution in [0.5, 0.6) is 0 Å². The summed E-state index contributed by atoms with van der Waals surface area (Å²) in [5, 5.41) is 0. The van der Waals surface area contributed by atoms with Crippen molar-refractivity contribution < 1.29 is 44.7 Å². The van der Waals surface area contributed by atoms with Gasteiger partial charge in [-0.15, -0.1) is 0 Å². The van der Waals surface area contributed by atoms with Crippen LogP contribution in [0.1, 0.15) is 42.0 Å². The highest BCUT2D eigenvalue weighted by Gasteiger charge is 2.44. The largest absolute Gasteiger partial charge is 0.451 e. The lowest BCUT2D eigenvalue weighted by Gasteiger charge is -2.34. The van der Waals surface area contributed by atoms with Crippen molar-refractivity contribution in [2.75, 3.05) is 19.6 Å². The van der Waals surface area contributed by atoms with Crippen LogP contribution in [0.4, 0.5) is 35.1 Å². The molecule has 33 heavy (non-hydrogen) atoms. The van der Waals surface area contributed by atoms with E-state index in [4.69, 9.17) is 5.73 Å². The van der Waals surface area contributed by atoms with Gasteiger partial charge in [0.2, 0.25) is 17.6 Å². The minimum atomic E-state index is -5.23. The number of likely N-dealkylation sites (tertiary alicyclic amines) is 1. The summed E-state index contributed by atoms with van der Waals surface area (Å²) in [4.78, 5) is 32.0. The molecule has 2 N–H and O–H groups in total. The molecule has 7 nitrogen and oxygen atoms in total. The van der Waals surface area contributed by atoms with E-state index in [1.807, 2.05) is 0 Å². The number of rotatable bonds is 4. The molecule has 0 bridgehead atoms. The maximum absolute atomic E-state index is 13.5. The second kappa shape index (κ2) is 8.65. The summed E-state index contributed by atoms with van der Waals surface area (Å²) in [5.41, 5.74) is 3.01. The number of hydrogen-bond acceptors (Lipinski definition) is 5. The summed E-state index contributed by atoms with van der Waals surface area (Å²) >= 11 is 0. The van der Waals surface area contributed by atoms with Crippen molar-refractivity contribution >= 4 is 11.8 Å². The van der Waals surface area contributed by atoms with Gasteiger partial charge in [0, 0.05) is 44.0 Å². The van der Waals surface area contributed by atoms with Crippen molar-refractivity contribution in [1.82, 2.24) is 19.8 Å². The van der Waals surface area contributed by atoms with E-state index in [0.717, 1.165) is 9.80 Å². The van der Waals surface area contributed by atoms with Crippen molar-refractivity contribution in [2.24, 2.45) is 5.73 Å². The predicted octanol–water partition coefficient (Wildman–Crippen LogP) is 2.37. The zero-order valence-electron chi connectivity index (χ0n) is 16.9. The van der Waals surface area contributed by atoms with Gasteiger partial charge in [0.05, 0.1) is 18.8 Å². The molecule has 2 amide bonds. The molecule has 0 radical (unpaired) electrons. The molecular weight excluding hydrogens is 470 g/mol. The average Bonchev–Trinajstić information content (AvgIpc) is 2.67. The number of carbonyl (C=O) groups is 2. The monoisotopic (exact) mass is 489 g/mol. The lowest BCUT2D eigenvalue weighted by Crippen LogP contribution is -2.51. The van der Waals surface area contributed by atoms with Crippen molar-refractivity contribution in [2.45, 2.75) is 56.5 Å². The molecule has 1 unspecified atom stereocenters. The average molecular weight is 489 g/mol. The summed E-state index contributed by atoms with van der Waals surface area (Å²) in [6.07, 6.45) is -12.2. The van der Waals surface area contributed by atoms with Crippen molar-refractivity contribution in [3.63, 3.8) is 0 Å². The highest BCUT2D eigenvalue weighted by molar-refractivity contribution is 5.78. The third kappa shape index (κ3) is 5.86. The van der Waals surface area contributed by atoms with Crippen LogP contribution in [0.2, 0.25) is 0 Å². The van der Waals surface area contributed by atoms with E-state index in [9.17, 15) is 44.7 Å². The quantitative estimate of drug-likeness (QED) is 0.656. The van der Waals surface area contributed by atoms with Gasteiger partial charge in [0.25, 0.3) is 5.92 Å². The van der Waals surface area contributed by atoms with Crippen molar-refractivity contribution in [1.29, 1.82) is 0 Å². The molecule has 3 heterocycles. The number of carbonyl (C=O) groups excluding carboxylic acids is 2. The van der Waals surface area contributed by atoms with E-state index in [1.165, 1.54) is 0 Å². The molecule has 0 saturated carbocycles. The van der Waals surface area contributed by atoms with E-state index in [2.05, 4.69) is 9.97 Å². The Balaban J connectivity index is 1.72.